The van der Waals surface area contributed by atoms with Gasteiger partial charge in [-0.3, -0.25) is 0 Å². The first kappa shape index (κ1) is 13.9. The van der Waals surface area contributed by atoms with Crippen LogP contribution in [0.5, 0.6) is 0 Å². The van der Waals surface area contributed by atoms with E-state index in [0.29, 0.717) is 5.92 Å². The van der Waals surface area contributed by atoms with Crippen LogP contribution in [0.15, 0.2) is 59.5 Å². The van der Waals surface area contributed by atoms with E-state index in [1.165, 1.54) is 10.5 Å². The molecule has 0 radical (unpaired) electrons. The summed E-state index contributed by atoms with van der Waals surface area (Å²) >= 11 is 12.3. The number of hydrogen-bond acceptors (Lipinski definition) is 2. The highest BCUT2D eigenvalue weighted by Crippen LogP contribution is 2.28. The summed E-state index contributed by atoms with van der Waals surface area (Å²) in [6.07, 6.45) is 0. The molecule has 0 bridgehead atoms. The fraction of sp³-hybridized carbons (Fsp3) is 0.200. The zero-order valence-electron chi connectivity index (χ0n) is 9.92. The lowest BCUT2D eigenvalue weighted by atomic mass is 10.0. The van der Waals surface area contributed by atoms with E-state index >= 15 is 0 Å². The maximum atomic E-state index is 5.98. The van der Waals surface area contributed by atoms with Crippen molar-refractivity contribution in [1.29, 1.82) is 0 Å². The number of thioether (sulfide) groups is 1. The molecule has 18 heavy (non-hydrogen) atoms. The van der Waals surface area contributed by atoms with Crippen molar-refractivity contribution in [2.24, 2.45) is 0 Å². The zero-order valence-corrected chi connectivity index (χ0v) is 12.4. The molecular weight excluding hydrogens is 280 g/mol. The Morgan fingerprint density at radius 2 is 1.83 bits per heavy atom. The van der Waals surface area contributed by atoms with Crippen LogP contribution < -0.4 is 0 Å². The lowest BCUT2D eigenvalue weighted by molar-refractivity contribution is 0.898. The van der Waals surface area contributed by atoms with Crippen LogP contribution in [0.3, 0.4) is 0 Å². The Labute approximate surface area is 123 Å². The second-order valence-electron chi connectivity index (χ2n) is 4.06. The maximum Gasteiger partial charge on any atom is 0.0417 e. The van der Waals surface area contributed by atoms with Crippen molar-refractivity contribution in [1.82, 2.24) is 0 Å². The van der Waals surface area contributed by atoms with Gasteiger partial charge in [0.1, 0.15) is 0 Å². The predicted molar refractivity (Wildman–Crippen MR) is 85.2 cm³/mol. The first-order valence-corrected chi connectivity index (χ1v) is 7.83. The standard InChI is InChI=1S/C15H15ClS2/c16-14-7-4-8-15(9-14)18-11-13(10-17)12-5-2-1-3-6-12/h1-9,13,17H,10-11H2. The Morgan fingerprint density at radius 1 is 1.06 bits per heavy atom. The third kappa shape index (κ3) is 3.98. The van der Waals surface area contributed by atoms with Crippen molar-refractivity contribution in [2.45, 2.75) is 10.8 Å². The minimum absolute atomic E-state index is 0.471. The molecule has 0 amide bonds. The monoisotopic (exact) mass is 294 g/mol. The molecule has 0 spiro atoms. The van der Waals surface area contributed by atoms with Crippen LogP contribution in [0.1, 0.15) is 11.5 Å². The van der Waals surface area contributed by atoms with Crippen LogP contribution >= 0.6 is 36.0 Å². The summed E-state index contributed by atoms with van der Waals surface area (Å²) in [5.74, 6) is 2.35. The van der Waals surface area contributed by atoms with Crippen LogP contribution in [-0.2, 0) is 0 Å². The molecule has 0 saturated carbocycles. The van der Waals surface area contributed by atoms with Gasteiger partial charge >= 0.3 is 0 Å². The van der Waals surface area contributed by atoms with Gasteiger partial charge in [0.05, 0.1) is 0 Å². The second-order valence-corrected chi connectivity index (χ2v) is 5.95. The molecule has 2 rings (SSSR count). The SMILES string of the molecule is SCC(CSc1cccc(Cl)c1)c1ccccc1. The van der Waals surface area contributed by atoms with Gasteiger partial charge in [0, 0.05) is 21.6 Å². The highest BCUT2D eigenvalue weighted by Gasteiger charge is 2.09. The number of thiol groups is 1. The molecule has 2 aromatic carbocycles. The lowest BCUT2D eigenvalue weighted by Gasteiger charge is -2.14. The fourth-order valence-electron chi connectivity index (χ4n) is 1.73. The highest BCUT2D eigenvalue weighted by atomic mass is 35.5. The third-order valence-electron chi connectivity index (χ3n) is 2.74. The highest BCUT2D eigenvalue weighted by molar-refractivity contribution is 7.99. The summed E-state index contributed by atoms with van der Waals surface area (Å²) < 4.78 is 0. The Morgan fingerprint density at radius 3 is 2.50 bits per heavy atom. The van der Waals surface area contributed by atoms with Crippen molar-refractivity contribution >= 4 is 36.0 Å². The van der Waals surface area contributed by atoms with Gasteiger partial charge in [-0.1, -0.05) is 48.0 Å². The van der Waals surface area contributed by atoms with Crippen LogP contribution in [0.4, 0.5) is 0 Å². The zero-order chi connectivity index (χ0) is 12.8. The molecule has 2 aromatic rings. The van der Waals surface area contributed by atoms with Crippen molar-refractivity contribution in [2.75, 3.05) is 11.5 Å². The lowest BCUT2D eigenvalue weighted by Crippen LogP contribution is -2.03. The number of benzene rings is 2. The van der Waals surface area contributed by atoms with Crippen molar-refractivity contribution < 1.29 is 0 Å². The number of hydrogen-bond donors (Lipinski definition) is 1. The van der Waals surface area contributed by atoms with Crippen molar-refractivity contribution in [3.63, 3.8) is 0 Å². The summed E-state index contributed by atoms with van der Waals surface area (Å²) in [5, 5.41) is 0.794. The largest absolute Gasteiger partial charge is 0.179 e. The fourth-order valence-corrected chi connectivity index (χ4v) is 3.59. The Bertz CT molecular complexity index is 485. The molecule has 1 atom stereocenters. The van der Waals surface area contributed by atoms with Crippen LogP contribution in [0, 0.1) is 0 Å². The van der Waals surface area contributed by atoms with Gasteiger partial charge in [0.15, 0.2) is 0 Å². The van der Waals surface area contributed by atoms with E-state index in [4.69, 9.17) is 11.6 Å². The maximum absolute atomic E-state index is 5.98. The molecule has 0 fully saturated rings. The van der Waals surface area contributed by atoms with Gasteiger partial charge in [0.2, 0.25) is 0 Å². The molecule has 94 valence electrons. The molecule has 0 saturated heterocycles. The summed E-state index contributed by atoms with van der Waals surface area (Å²) in [6.45, 7) is 0. The summed E-state index contributed by atoms with van der Waals surface area (Å²) in [6, 6.07) is 18.5. The topological polar surface area (TPSA) is 0 Å². The van der Waals surface area contributed by atoms with E-state index in [-0.39, 0.29) is 0 Å². The summed E-state index contributed by atoms with van der Waals surface area (Å²) in [7, 11) is 0. The Hall–Kier alpha value is -0.570. The molecule has 3 heteroatoms. The molecule has 0 nitrogen and oxygen atoms in total. The van der Waals surface area contributed by atoms with E-state index < -0.39 is 0 Å². The van der Waals surface area contributed by atoms with Crippen molar-refractivity contribution in [3.05, 3.63) is 65.2 Å². The van der Waals surface area contributed by atoms with E-state index in [1.54, 1.807) is 0 Å². The molecule has 0 aliphatic heterocycles. The number of rotatable bonds is 5. The van der Waals surface area contributed by atoms with Gasteiger partial charge in [-0.15, -0.1) is 11.8 Å². The van der Waals surface area contributed by atoms with Crippen LogP contribution in [0.25, 0.3) is 0 Å². The molecule has 0 aromatic heterocycles. The Balaban J connectivity index is 2.00. The minimum Gasteiger partial charge on any atom is -0.179 e. The molecule has 0 N–H and O–H groups in total. The van der Waals surface area contributed by atoms with Gasteiger partial charge in [-0.25, -0.2) is 0 Å². The molecule has 1 unspecified atom stereocenters. The Kier molecular flexibility index (Phi) is 5.48. The van der Waals surface area contributed by atoms with Gasteiger partial charge in [-0.2, -0.15) is 12.6 Å². The van der Waals surface area contributed by atoms with Gasteiger partial charge < -0.3 is 0 Å². The van der Waals surface area contributed by atoms with E-state index in [2.05, 4.69) is 43.0 Å². The summed E-state index contributed by atoms with van der Waals surface area (Å²) in [5.41, 5.74) is 1.35. The van der Waals surface area contributed by atoms with E-state index in [1.807, 2.05) is 36.0 Å². The quantitative estimate of drug-likeness (QED) is 0.588. The van der Waals surface area contributed by atoms with Gasteiger partial charge in [0.25, 0.3) is 0 Å². The smallest absolute Gasteiger partial charge is 0.0417 e. The molecule has 0 aliphatic carbocycles. The van der Waals surface area contributed by atoms with Crippen LogP contribution in [-0.4, -0.2) is 11.5 Å². The first-order chi connectivity index (χ1) is 8.79. The molecular formula is C15H15ClS2. The average molecular weight is 295 g/mol. The molecule has 0 aliphatic rings. The molecule has 0 heterocycles. The summed E-state index contributed by atoms with van der Waals surface area (Å²) in [4.78, 5) is 1.21. The van der Waals surface area contributed by atoms with E-state index in [0.717, 1.165) is 16.5 Å². The normalized spacial score (nSPS) is 12.3. The minimum atomic E-state index is 0.471. The second kappa shape index (κ2) is 7.13. The predicted octanol–water partition coefficient (Wildman–Crippen LogP) is 5.15. The third-order valence-corrected chi connectivity index (χ3v) is 4.57. The van der Waals surface area contributed by atoms with E-state index in [9.17, 15) is 0 Å². The van der Waals surface area contributed by atoms with Gasteiger partial charge in [-0.05, 0) is 29.5 Å². The number of halogens is 1. The first-order valence-electron chi connectivity index (χ1n) is 5.84. The average Bonchev–Trinajstić information content (AvgIpc) is 2.41. The van der Waals surface area contributed by atoms with Crippen LogP contribution in [0.2, 0.25) is 5.02 Å². The van der Waals surface area contributed by atoms with Crippen molar-refractivity contribution in [3.8, 4) is 0 Å².